The fraction of sp³-hybridized carbons (Fsp3) is 0.619. The Morgan fingerprint density at radius 3 is 2.78 bits per heavy atom. The van der Waals surface area contributed by atoms with E-state index in [2.05, 4.69) is 43.3 Å². The highest BCUT2D eigenvalue weighted by molar-refractivity contribution is 5.54. The van der Waals surface area contributed by atoms with Crippen molar-refractivity contribution in [2.24, 2.45) is 17.8 Å². The molecule has 0 spiro atoms. The van der Waals surface area contributed by atoms with Crippen LogP contribution in [0.2, 0.25) is 0 Å². The molecule has 1 saturated heterocycles. The summed E-state index contributed by atoms with van der Waals surface area (Å²) in [7, 11) is 0. The molecular weight excluding hydrogens is 284 g/mol. The molecule has 2 aliphatic carbocycles. The molecule has 4 rings (SSSR count). The monoisotopic (exact) mass is 312 g/mol. The predicted octanol–water partition coefficient (Wildman–Crippen LogP) is 4.78. The van der Waals surface area contributed by atoms with Gasteiger partial charge in [0.1, 0.15) is 0 Å². The highest BCUT2D eigenvalue weighted by Crippen LogP contribution is 2.52. The molecule has 3 aliphatic rings. The van der Waals surface area contributed by atoms with E-state index in [1.54, 1.807) is 0 Å². The number of rotatable bonds is 1. The Morgan fingerprint density at radius 1 is 1.13 bits per heavy atom. The highest BCUT2D eigenvalue weighted by Gasteiger charge is 2.53. The van der Waals surface area contributed by atoms with Crippen molar-refractivity contribution in [3.63, 3.8) is 0 Å². The van der Waals surface area contributed by atoms with Crippen LogP contribution in [0.5, 0.6) is 0 Å². The maximum Gasteiger partial charge on any atom is 0.169 e. The number of hydrogen-bond acceptors (Lipinski definition) is 2. The molecule has 124 valence electrons. The summed E-state index contributed by atoms with van der Waals surface area (Å²) in [6.07, 6.45) is 10.3. The quantitative estimate of drug-likeness (QED) is 0.808. The van der Waals surface area contributed by atoms with E-state index in [9.17, 15) is 5.11 Å². The molecule has 2 nitrogen and oxygen atoms in total. The van der Waals surface area contributed by atoms with E-state index in [-0.39, 0.29) is 6.10 Å². The average Bonchev–Trinajstić information content (AvgIpc) is 2.56. The molecule has 1 aromatic rings. The van der Waals surface area contributed by atoms with Crippen molar-refractivity contribution in [1.82, 2.24) is 0 Å². The maximum atomic E-state index is 11.1. The molecule has 5 unspecified atom stereocenters. The molecule has 0 bridgehead atoms. The van der Waals surface area contributed by atoms with Crippen molar-refractivity contribution in [3.05, 3.63) is 41.5 Å². The predicted molar refractivity (Wildman–Crippen MR) is 92.7 cm³/mol. The van der Waals surface area contributed by atoms with Crippen molar-refractivity contribution in [2.45, 2.75) is 63.8 Å². The first-order valence-corrected chi connectivity index (χ1v) is 9.33. The van der Waals surface area contributed by atoms with E-state index in [0.717, 1.165) is 25.7 Å². The first kappa shape index (κ1) is 15.4. The second-order valence-corrected chi connectivity index (χ2v) is 7.78. The topological polar surface area (TPSA) is 29.5 Å². The molecule has 1 aliphatic heterocycles. The van der Waals surface area contributed by atoms with Crippen LogP contribution in [0.4, 0.5) is 0 Å². The van der Waals surface area contributed by atoms with Crippen molar-refractivity contribution >= 4 is 6.08 Å². The zero-order valence-corrected chi connectivity index (χ0v) is 14.1. The minimum absolute atomic E-state index is 0.110. The first-order valence-electron chi connectivity index (χ1n) is 9.33. The van der Waals surface area contributed by atoms with Gasteiger partial charge in [-0.2, -0.15) is 0 Å². The van der Waals surface area contributed by atoms with Crippen LogP contribution in [0.15, 0.2) is 35.9 Å². The lowest BCUT2D eigenvalue weighted by atomic mass is 9.63. The zero-order chi connectivity index (χ0) is 15.9. The van der Waals surface area contributed by atoms with Crippen molar-refractivity contribution in [3.8, 4) is 0 Å². The molecular formula is C21H28O2. The van der Waals surface area contributed by atoms with Gasteiger partial charge in [0, 0.05) is 12.3 Å². The number of fused-ring (bicyclic) bond motifs is 2. The van der Waals surface area contributed by atoms with Gasteiger partial charge < -0.3 is 9.84 Å². The van der Waals surface area contributed by atoms with Gasteiger partial charge in [-0.3, -0.25) is 0 Å². The van der Waals surface area contributed by atoms with E-state index in [4.69, 9.17) is 4.74 Å². The fourth-order valence-electron chi connectivity index (χ4n) is 5.22. The minimum atomic E-state index is -0.883. The Bertz CT molecular complexity index is 579. The van der Waals surface area contributed by atoms with Gasteiger partial charge in [0.05, 0.1) is 6.10 Å². The average molecular weight is 312 g/mol. The minimum Gasteiger partial charge on any atom is -0.365 e. The van der Waals surface area contributed by atoms with Crippen LogP contribution >= 0.6 is 0 Å². The van der Waals surface area contributed by atoms with Gasteiger partial charge in [-0.15, -0.1) is 0 Å². The lowest BCUT2D eigenvalue weighted by molar-refractivity contribution is -0.318. The molecule has 3 fully saturated rings. The van der Waals surface area contributed by atoms with E-state index in [1.165, 1.54) is 30.4 Å². The SMILES string of the molecule is CC1C2CCCC(=Cc3ccccc3)C2OC2(O)CCCCC12. The summed E-state index contributed by atoms with van der Waals surface area (Å²) >= 11 is 0. The molecule has 2 saturated carbocycles. The summed E-state index contributed by atoms with van der Waals surface area (Å²) in [5.74, 6) is 0.570. The van der Waals surface area contributed by atoms with Crippen LogP contribution in [0.1, 0.15) is 57.4 Å². The highest BCUT2D eigenvalue weighted by atomic mass is 16.6. The number of aliphatic hydroxyl groups is 1. The van der Waals surface area contributed by atoms with Gasteiger partial charge in [0.2, 0.25) is 0 Å². The summed E-state index contributed by atoms with van der Waals surface area (Å²) in [6.45, 7) is 2.35. The van der Waals surface area contributed by atoms with Crippen molar-refractivity contribution in [1.29, 1.82) is 0 Å². The number of benzene rings is 1. The molecule has 0 radical (unpaired) electrons. The van der Waals surface area contributed by atoms with Gasteiger partial charge in [0.25, 0.3) is 0 Å². The Kier molecular flexibility index (Phi) is 4.07. The lowest BCUT2D eigenvalue weighted by Crippen LogP contribution is -2.57. The van der Waals surface area contributed by atoms with Gasteiger partial charge in [-0.05, 0) is 55.1 Å². The largest absolute Gasteiger partial charge is 0.365 e. The molecule has 23 heavy (non-hydrogen) atoms. The Labute approximate surface area is 139 Å². The normalized spacial score (nSPS) is 42.1. The molecule has 1 aromatic carbocycles. The summed E-state index contributed by atoms with van der Waals surface area (Å²) < 4.78 is 6.42. The summed E-state index contributed by atoms with van der Waals surface area (Å²) in [4.78, 5) is 0. The van der Waals surface area contributed by atoms with Gasteiger partial charge >= 0.3 is 0 Å². The first-order chi connectivity index (χ1) is 11.2. The van der Waals surface area contributed by atoms with E-state index < -0.39 is 5.79 Å². The molecule has 1 N–H and O–H groups in total. The molecule has 0 aromatic heterocycles. The third-order valence-corrected chi connectivity index (χ3v) is 6.43. The van der Waals surface area contributed by atoms with Crippen LogP contribution in [0.25, 0.3) is 6.08 Å². The number of ether oxygens (including phenoxy) is 1. The molecule has 2 heteroatoms. The number of hydrogen-bond donors (Lipinski definition) is 1. The lowest BCUT2D eigenvalue weighted by Gasteiger charge is -2.55. The van der Waals surface area contributed by atoms with E-state index in [1.807, 2.05) is 0 Å². The van der Waals surface area contributed by atoms with Crippen LogP contribution in [0.3, 0.4) is 0 Å². The molecule has 0 amide bonds. The van der Waals surface area contributed by atoms with Crippen LogP contribution in [-0.4, -0.2) is 17.0 Å². The summed E-state index contributed by atoms with van der Waals surface area (Å²) in [5, 5.41) is 11.1. The molecule has 5 atom stereocenters. The Hall–Kier alpha value is -1.12. The Balaban J connectivity index is 1.65. The van der Waals surface area contributed by atoms with Crippen molar-refractivity contribution in [2.75, 3.05) is 0 Å². The maximum absolute atomic E-state index is 11.1. The van der Waals surface area contributed by atoms with Crippen molar-refractivity contribution < 1.29 is 9.84 Å². The third-order valence-electron chi connectivity index (χ3n) is 6.43. The van der Waals surface area contributed by atoms with E-state index in [0.29, 0.717) is 17.8 Å². The second-order valence-electron chi connectivity index (χ2n) is 7.78. The Morgan fingerprint density at radius 2 is 1.96 bits per heavy atom. The van der Waals surface area contributed by atoms with E-state index >= 15 is 0 Å². The third kappa shape index (κ3) is 2.77. The van der Waals surface area contributed by atoms with Gasteiger partial charge in [0.15, 0.2) is 5.79 Å². The molecule has 1 heterocycles. The van der Waals surface area contributed by atoms with Crippen LogP contribution in [-0.2, 0) is 4.74 Å². The summed E-state index contributed by atoms with van der Waals surface area (Å²) in [6, 6.07) is 10.5. The van der Waals surface area contributed by atoms with Gasteiger partial charge in [-0.1, -0.05) is 49.8 Å². The summed E-state index contributed by atoms with van der Waals surface area (Å²) in [5.41, 5.74) is 2.63. The second kappa shape index (κ2) is 6.07. The van der Waals surface area contributed by atoms with Gasteiger partial charge in [-0.25, -0.2) is 0 Å². The fourth-order valence-corrected chi connectivity index (χ4v) is 5.22. The van der Waals surface area contributed by atoms with Crippen LogP contribution < -0.4 is 0 Å². The van der Waals surface area contributed by atoms with Crippen LogP contribution in [0, 0.1) is 17.8 Å². The zero-order valence-electron chi connectivity index (χ0n) is 14.1. The smallest absolute Gasteiger partial charge is 0.169 e. The standard InChI is InChI=1S/C21H28O2/c1-15-18-11-7-10-17(14-16-8-3-2-4-9-16)20(18)23-21(22)13-6-5-12-19(15)21/h2-4,8-9,14-15,18-20,22H,5-7,10-13H2,1H3.